The maximum absolute atomic E-state index is 5.34. The van der Waals surface area contributed by atoms with Crippen LogP contribution >= 0.6 is 0 Å². The minimum Gasteiger partial charge on any atom is -0.361 e. The van der Waals surface area contributed by atoms with Crippen LogP contribution in [0.4, 0.5) is 0 Å². The molecule has 0 N–H and O–H groups in total. The molecule has 0 fully saturated rings. The molecule has 0 saturated carbocycles. The van der Waals surface area contributed by atoms with E-state index in [1.165, 1.54) is 5.56 Å². The molecule has 1 atom stereocenters. The van der Waals surface area contributed by atoms with E-state index in [1.807, 2.05) is 20.0 Å². The van der Waals surface area contributed by atoms with Gasteiger partial charge in [-0.25, -0.2) is 4.98 Å². The van der Waals surface area contributed by atoms with Gasteiger partial charge in [-0.2, -0.15) is 0 Å². The predicted molar refractivity (Wildman–Crippen MR) is 93.6 cm³/mol. The lowest BCUT2D eigenvalue weighted by atomic mass is 10.1. The molecule has 3 heterocycles. The van der Waals surface area contributed by atoms with Crippen molar-refractivity contribution >= 4 is 0 Å². The highest BCUT2D eigenvalue weighted by atomic mass is 16.5. The van der Waals surface area contributed by atoms with E-state index in [0.29, 0.717) is 12.0 Å². The number of nitrogens with zero attached hydrogens (tertiary/aromatic N) is 5. The zero-order valence-corrected chi connectivity index (χ0v) is 15.5. The Hall–Kier alpha value is -1.66. The van der Waals surface area contributed by atoms with E-state index in [9.17, 15) is 0 Å². The van der Waals surface area contributed by atoms with Gasteiger partial charge in [0.1, 0.15) is 11.6 Å². The zero-order chi connectivity index (χ0) is 17.3. The van der Waals surface area contributed by atoms with Crippen molar-refractivity contribution in [1.82, 2.24) is 24.5 Å². The van der Waals surface area contributed by atoms with Crippen molar-refractivity contribution in [3.05, 3.63) is 35.2 Å². The summed E-state index contributed by atoms with van der Waals surface area (Å²) < 4.78 is 7.65. The highest BCUT2D eigenvalue weighted by Crippen LogP contribution is 2.21. The average Bonchev–Trinajstić information content (AvgIpc) is 3.03. The summed E-state index contributed by atoms with van der Waals surface area (Å²) in [6.07, 6.45) is 4.02. The molecule has 0 amide bonds. The SMILES string of the molecule is Cc1noc(C)c1CN1Cc2nccn2C[C@@H](CN(C)C(C)C)C1. The molecule has 6 nitrogen and oxygen atoms in total. The molecule has 6 heteroatoms. The van der Waals surface area contributed by atoms with Gasteiger partial charge in [-0.1, -0.05) is 5.16 Å². The number of hydrogen-bond acceptors (Lipinski definition) is 5. The van der Waals surface area contributed by atoms with Gasteiger partial charge in [0.15, 0.2) is 0 Å². The molecule has 1 aliphatic rings. The lowest BCUT2D eigenvalue weighted by Crippen LogP contribution is -2.37. The maximum Gasteiger partial charge on any atom is 0.138 e. The van der Waals surface area contributed by atoms with Crippen LogP contribution in [0.25, 0.3) is 0 Å². The molecule has 0 unspecified atom stereocenters. The summed E-state index contributed by atoms with van der Waals surface area (Å²) in [6, 6.07) is 0.562. The van der Waals surface area contributed by atoms with Crippen molar-refractivity contribution in [2.75, 3.05) is 20.1 Å². The Morgan fingerprint density at radius 1 is 1.33 bits per heavy atom. The van der Waals surface area contributed by atoms with Gasteiger partial charge in [0, 0.05) is 56.1 Å². The largest absolute Gasteiger partial charge is 0.361 e. The van der Waals surface area contributed by atoms with Crippen LogP contribution in [-0.2, 0) is 19.6 Å². The first-order valence-corrected chi connectivity index (χ1v) is 8.78. The van der Waals surface area contributed by atoms with E-state index in [1.54, 1.807) is 0 Å². The van der Waals surface area contributed by atoms with Crippen LogP contribution < -0.4 is 0 Å². The Bertz CT molecular complexity index is 655. The number of aryl methyl sites for hydroxylation is 2. The molecule has 0 spiro atoms. The Balaban J connectivity index is 1.78. The van der Waals surface area contributed by atoms with Gasteiger partial charge in [-0.3, -0.25) is 4.90 Å². The van der Waals surface area contributed by atoms with Crippen molar-refractivity contribution in [3.8, 4) is 0 Å². The third kappa shape index (κ3) is 3.70. The Kier molecular flexibility index (Phi) is 5.06. The van der Waals surface area contributed by atoms with Crippen molar-refractivity contribution < 1.29 is 4.52 Å². The molecule has 24 heavy (non-hydrogen) atoms. The van der Waals surface area contributed by atoms with Gasteiger partial charge < -0.3 is 14.0 Å². The van der Waals surface area contributed by atoms with Crippen LogP contribution in [0.2, 0.25) is 0 Å². The summed E-state index contributed by atoms with van der Waals surface area (Å²) in [5.41, 5.74) is 2.21. The third-order valence-electron chi connectivity index (χ3n) is 5.13. The second-order valence-electron chi connectivity index (χ2n) is 7.37. The Labute approximate surface area is 144 Å². The Morgan fingerprint density at radius 3 is 2.79 bits per heavy atom. The van der Waals surface area contributed by atoms with E-state index < -0.39 is 0 Å². The summed E-state index contributed by atoms with van der Waals surface area (Å²) in [6.45, 7) is 13.5. The molecule has 2 aromatic heterocycles. The van der Waals surface area contributed by atoms with Crippen molar-refractivity contribution in [2.45, 2.75) is 53.4 Å². The highest BCUT2D eigenvalue weighted by Gasteiger charge is 2.25. The number of hydrogen-bond donors (Lipinski definition) is 0. The zero-order valence-electron chi connectivity index (χ0n) is 15.5. The van der Waals surface area contributed by atoms with Gasteiger partial charge in [0.2, 0.25) is 0 Å². The molecule has 2 aromatic rings. The second-order valence-corrected chi connectivity index (χ2v) is 7.37. The van der Waals surface area contributed by atoms with E-state index >= 15 is 0 Å². The minimum absolute atomic E-state index is 0.562. The van der Waals surface area contributed by atoms with Crippen molar-refractivity contribution in [2.24, 2.45) is 5.92 Å². The molecule has 0 aliphatic carbocycles. The number of rotatable bonds is 5. The summed E-state index contributed by atoms with van der Waals surface area (Å²) in [4.78, 5) is 9.47. The average molecular weight is 331 g/mol. The van der Waals surface area contributed by atoms with Crippen molar-refractivity contribution in [1.29, 1.82) is 0 Å². The molecule has 132 valence electrons. The highest BCUT2D eigenvalue weighted by molar-refractivity contribution is 5.20. The molecule has 0 bridgehead atoms. The molecule has 1 aliphatic heterocycles. The number of imidazole rings is 1. The molecule has 0 aromatic carbocycles. The lowest BCUT2D eigenvalue weighted by molar-refractivity contribution is 0.166. The van der Waals surface area contributed by atoms with Gasteiger partial charge in [0.05, 0.1) is 12.2 Å². The van der Waals surface area contributed by atoms with Crippen LogP contribution in [-0.4, -0.2) is 50.7 Å². The van der Waals surface area contributed by atoms with E-state index in [4.69, 9.17) is 4.52 Å². The molecular formula is C18H29N5O. The first kappa shape index (κ1) is 17.2. The standard InChI is InChI=1S/C18H29N5O/c1-13(2)21(5)8-16-9-22(11-17-14(3)20-24-15(17)4)12-18-19-6-7-23(18)10-16/h6-7,13,16H,8-12H2,1-5H3/t16-/m0/s1. The fourth-order valence-electron chi connectivity index (χ4n) is 3.43. The maximum atomic E-state index is 5.34. The van der Waals surface area contributed by atoms with Crippen LogP contribution in [0.3, 0.4) is 0 Å². The van der Waals surface area contributed by atoms with E-state index in [2.05, 4.69) is 51.6 Å². The first-order chi connectivity index (χ1) is 11.4. The van der Waals surface area contributed by atoms with Crippen LogP contribution in [0.1, 0.15) is 36.7 Å². The van der Waals surface area contributed by atoms with Crippen LogP contribution in [0.5, 0.6) is 0 Å². The lowest BCUT2D eigenvalue weighted by Gasteiger charge is -2.29. The molecular weight excluding hydrogens is 302 g/mol. The smallest absolute Gasteiger partial charge is 0.138 e. The molecule has 0 saturated heterocycles. The van der Waals surface area contributed by atoms with Crippen LogP contribution in [0.15, 0.2) is 16.9 Å². The third-order valence-corrected chi connectivity index (χ3v) is 5.13. The minimum atomic E-state index is 0.562. The van der Waals surface area contributed by atoms with Gasteiger partial charge in [-0.15, -0.1) is 0 Å². The predicted octanol–water partition coefficient (Wildman–Crippen LogP) is 2.46. The van der Waals surface area contributed by atoms with Gasteiger partial charge >= 0.3 is 0 Å². The Morgan fingerprint density at radius 2 is 2.12 bits per heavy atom. The summed E-state index contributed by atoms with van der Waals surface area (Å²) in [5, 5.41) is 4.10. The summed E-state index contributed by atoms with van der Waals surface area (Å²) >= 11 is 0. The monoisotopic (exact) mass is 331 g/mol. The summed E-state index contributed by atoms with van der Waals surface area (Å²) in [7, 11) is 2.21. The van der Waals surface area contributed by atoms with Gasteiger partial charge in [-0.05, 0) is 34.7 Å². The van der Waals surface area contributed by atoms with Crippen molar-refractivity contribution in [3.63, 3.8) is 0 Å². The molecule has 3 rings (SSSR count). The second kappa shape index (κ2) is 7.07. The normalized spacial score (nSPS) is 19.0. The topological polar surface area (TPSA) is 50.3 Å². The summed E-state index contributed by atoms with van der Waals surface area (Å²) in [5.74, 6) is 2.65. The van der Waals surface area contributed by atoms with Gasteiger partial charge in [0.25, 0.3) is 0 Å². The number of aromatic nitrogens is 3. The van der Waals surface area contributed by atoms with E-state index in [0.717, 1.165) is 50.0 Å². The fourth-order valence-corrected chi connectivity index (χ4v) is 3.43. The first-order valence-electron chi connectivity index (χ1n) is 8.78. The quantitative estimate of drug-likeness (QED) is 0.842. The van der Waals surface area contributed by atoms with Crippen LogP contribution in [0, 0.1) is 19.8 Å². The van der Waals surface area contributed by atoms with E-state index in [-0.39, 0.29) is 0 Å². The number of fused-ring (bicyclic) bond motifs is 1. The fraction of sp³-hybridized carbons (Fsp3) is 0.667. The molecule has 0 radical (unpaired) electrons.